The van der Waals surface area contributed by atoms with Crippen LogP contribution in [-0.2, 0) is 6.54 Å². The molecule has 1 fully saturated rings. The van der Waals surface area contributed by atoms with Crippen molar-refractivity contribution in [2.75, 3.05) is 25.6 Å². The molecule has 3 heterocycles. The molecule has 0 saturated carbocycles. The van der Waals surface area contributed by atoms with Gasteiger partial charge in [-0.3, -0.25) is 4.90 Å². The van der Waals surface area contributed by atoms with Crippen molar-refractivity contribution in [1.82, 2.24) is 14.9 Å². The molecule has 0 amide bonds. The maximum absolute atomic E-state index is 6.38. The summed E-state index contributed by atoms with van der Waals surface area (Å²) in [7, 11) is 0. The predicted molar refractivity (Wildman–Crippen MR) is 91.3 cm³/mol. The molecule has 7 heteroatoms. The van der Waals surface area contributed by atoms with Crippen LogP contribution in [0.4, 0.5) is 5.95 Å². The quantitative estimate of drug-likeness (QED) is 0.921. The first-order valence-electron chi connectivity index (χ1n) is 8.08. The second kappa shape index (κ2) is 6.45. The minimum atomic E-state index is 0.266. The molecule has 0 atom stereocenters. The van der Waals surface area contributed by atoms with Gasteiger partial charge in [0, 0.05) is 35.4 Å². The number of hydrogen-bond donors (Lipinski definition) is 1. The molecule has 2 aliphatic rings. The number of benzene rings is 1. The summed E-state index contributed by atoms with van der Waals surface area (Å²) in [5, 5.41) is 0.727. The Morgan fingerprint density at radius 1 is 1.21 bits per heavy atom. The van der Waals surface area contributed by atoms with Gasteiger partial charge in [0.05, 0.1) is 0 Å². The third-order valence-corrected chi connectivity index (χ3v) is 4.99. The normalized spacial score (nSPS) is 18.0. The van der Waals surface area contributed by atoms with E-state index in [1.807, 2.05) is 18.2 Å². The van der Waals surface area contributed by atoms with Gasteiger partial charge in [0.15, 0.2) is 11.5 Å². The first-order valence-corrected chi connectivity index (χ1v) is 8.45. The van der Waals surface area contributed by atoms with Gasteiger partial charge in [-0.05, 0) is 43.6 Å². The average molecular weight is 347 g/mol. The third-order valence-electron chi connectivity index (χ3n) is 4.64. The number of rotatable bonds is 3. The lowest BCUT2D eigenvalue weighted by Crippen LogP contribution is -2.32. The molecule has 1 aromatic heterocycles. The molecule has 0 spiro atoms. The van der Waals surface area contributed by atoms with Crippen LogP contribution in [0, 0.1) is 0 Å². The fourth-order valence-corrected chi connectivity index (χ4v) is 3.54. The largest absolute Gasteiger partial charge is 0.454 e. The summed E-state index contributed by atoms with van der Waals surface area (Å²) in [6.07, 6.45) is 3.84. The topological polar surface area (TPSA) is 73.5 Å². The third kappa shape index (κ3) is 3.12. The summed E-state index contributed by atoms with van der Waals surface area (Å²) in [5.74, 6) is 2.30. The highest BCUT2D eigenvalue weighted by atomic mass is 35.5. The van der Waals surface area contributed by atoms with Gasteiger partial charge in [0.1, 0.15) is 0 Å². The van der Waals surface area contributed by atoms with Crippen molar-refractivity contribution in [2.24, 2.45) is 0 Å². The minimum Gasteiger partial charge on any atom is -0.454 e. The highest BCUT2D eigenvalue weighted by Gasteiger charge is 2.23. The number of halogens is 1. The summed E-state index contributed by atoms with van der Waals surface area (Å²) >= 11 is 6.38. The van der Waals surface area contributed by atoms with E-state index in [-0.39, 0.29) is 6.79 Å². The maximum atomic E-state index is 6.38. The molecular formula is C17H19ClN4O2. The van der Waals surface area contributed by atoms with Gasteiger partial charge >= 0.3 is 0 Å². The maximum Gasteiger partial charge on any atom is 0.231 e. The van der Waals surface area contributed by atoms with Crippen LogP contribution >= 0.6 is 11.6 Å². The summed E-state index contributed by atoms with van der Waals surface area (Å²) in [6.45, 7) is 3.08. The second-order valence-electron chi connectivity index (χ2n) is 6.19. The van der Waals surface area contributed by atoms with E-state index in [9.17, 15) is 0 Å². The van der Waals surface area contributed by atoms with Gasteiger partial charge in [-0.2, -0.15) is 0 Å². The fourth-order valence-electron chi connectivity index (χ4n) is 3.32. The molecule has 24 heavy (non-hydrogen) atoms. The number of fused-ring (bicyclic) bond motifs is 1. The molecular weight excluding hydrogens is 328 g/mol. The van der Waals surface area contributed by atoms with Gasteiger partial charge in [0.2, 0.25) is 12.7 Å². The van der Waals surface area contributed by atoms with Crippen LogP contribution in [-0.4, -0.2) is 34.8 Å². The predicted octanol–water partition coefficient (Wildman–Crippen LogP) is 2.82. The molecule has 0 unspecified atom stereocenters. The van der Waals surface area contributed by atoms with Gasteiger partial charge < -0.3 is 15.2 Å². The smallest absolute Gasteiger partial charge is 0.231 e. The standard InChI is InChI=1S/C17H19ClN4O2/c18-13-8-16-15(23-10-24-16)7-12(13)9-22-5-2-11(3-6-22)14-1-4-20-17(19)21-14/h1,4,7-8,11H,2-3,5-6,9-10H2,(H2,19,20,21). The van der Waals surface area contributed by atoms with E-state index in [0.717, 1.165) is 60.3 Å². The lowest BCUT2D eigenvalue weighted by molar-refractivity contribution is 0.173. The summed E-state index contributed by atoms with van der Waals surface area (Å²) in [6, 6.07) is 5.79. The molecule has 2 N–H and O–H groups in total. The summed E-state index contributed by atoms with van der Waals surface area (Å²) in [5.41, 5.74) is 7.81. The molecule has 2 aliphatic heterocycles. The van der Waals surface area contributed by atoms with Crippen molar-refractivity contribution in [2.45, 2.75) is 25.3 Å². The summed E-state index contributed by atoms with van der Waals surface area (Å²) < 4.78 is 10.8. The first kappa shape index (κ1) is 15.5. The van der Waals surface area contributed by atoms with Gasteiger partial charge in [-0.15, -0.1) is 0 Å². The van der Waals surface area contributed by atoms with Crippen LogP contribution in [0.1, 0.15) is 30.0 Å². The zero-order chi connectivity index (χ0) is 16.5. The highest BCUT2D eigenvalue weighted by Crippen LogP contribution is 2.37. The lowest BCUT2D eigenvalue weighted by atomic mass is 9.93. The number of aromatic nitrogens is 2. The number of nitrogens with zero attached hydrogens (tertiary/aromatic N) is 3. The number of ether oxygens (including phenoxy) is 2. The number of nitrogens with two attached hydrogens (primary N) is 1. The van der Waals surface area contributed by atoms with Crippen LogP contribution in [0.15, 0.2) is 24.4 Å². The molecule has 0 radical (unpaired) electrons. The van der Waals surface area contributed by atoms with Crippen LogP contribution in [0.5, 0.6) is 11.5 Å². The van der Waals surface area contributed by atoms with Crippen LogP contribution in [0.2, 0.25) is 5.02 Å². The Morgan fingerprint density at radius 2 is 1.96 bits per heavy atom. The highest BCUT2D eigenvalue weighted by molar-refractivity contribution is 6.31. The van der Waals surface area contributed by atoms with Crippen molar-refractivity contribution < 1.29 is 9.47 Å². The monoisotopic (exact) mass is 346 g/mol. The van der Waals surface area contributed by atoms with E-state index in [0.29, 0.717) is 11.9 Å². The fraction of sp³-hybridized carbons (Fsp3) is 0.412. The molecule has 0 aliphatic carbocycles. The van der Waals surface area contributed by atoms with Crippen LogP contribution < -0.4 is 15.2 Å². The molecule has 2 aromatic rings. The van der Waals surface area contributed by atoms with E-state index in [1.165, 1.54) is 0 Å². The molecule has 1 aromatic carbocycles. The SMILES string of the molecule is Nc1nccc(C2CCN(Cc3cc4c(cc3Cl)OCO4)CC2)n1. The zero-order valence-corrected chi connectivity index (χ0v) is 14.0. The Kier molecular flexibility index (Phi) is 4.16. The van der Waals surface area contributed by atoms with Crippen LogP contribution in [0.25, 0.3) is 0 Å². The second-order valence-corrected chi connectivity index (χ2v) is 6.59. The average Bonchev–Trinajstić information content (AvgIpc) is 3.03. The molecule has 4 rings (SSSR count). The Labute approximate surface area is 145 Å². The van der Waals surface area contributed by atoms with Gasteiger partial charge in [0.25, 0.3) is 0 Å². The minimum absolute atomic E-state index is 0.266. The Morgan fingerprint density at radius 3 is 2.71 bits per heavy atom. The van der Waals surface area contributed by atoms with E-state index >= 15 is 0 Å². The van der Waals surface area contributed by atoms with Crippen molar-refractivity contribution >= 4 is 17.5 Å². The van der Waals surface area contributed by atoms with E-state index < -0.39 is 0 Å². The molecule has 1 saturated heterocycles. The van der Waals surface area contributed by atoms with E-state index in [2.05, 4.69) is 14.9 Å². The molecule has 6 nitrogen and oxygen atoms in total. The molecule has 126 valence electrons. The first-order chi connectivity index (χ1) is 11.7. The van der Waals surface area contributed by atoms with Crippen molar-refractivity contribution in [3.8, 4) is 11.5 Å². The number of hydrogen-bond acceptors (Lipinski definition) is 6. The van der Waals surface area contributed by atoms with E-state index in [1.54, 1.807) is 6.20 Å². The molecule has 0 bridgehead atoms. The Balaban J connectivity index is 1.40. The van der Waals surface area contributed by atoms with Crippen LogP contribution in [0.3, 0.4) is 0 Å². The van der Waals surface area contributed by atoms with Crippen molar-refractivity contribution in [3.05, 3.63) is 40.7 Å². The van der Waals surface area contributed by atoms with Crippen molar-refractivity contribution in [3.63, 3.8) is 0 Å². The van der Waals surface area contributed by atoms with E-state index in [4.69, 9.17) is 26.8 Å². The van der Waals surface area contributed by atoms with Gasteiger partial charge in [-0.25, -0.2) is 9.97 Å². The van der Waals surface area contributed by atoms with Gasteiger partial charge in [-0.1, -0.05) is 11.6 Å². The Hall–Kier alpha value is -2.05. The van der Waals surface area contributed by atoms with Crippen molar-refractivity contribution in [1.29, 1.82) is 0 Å². The number of piperidine rings is 1. The number of nitrogen functional groups attached to an aromatic ring is 1. The number of anilines is 1. The lowest BCUT2D eigenvalue weighted by Gasteiger charge is -2.31. The number of likely N-dealkylation sites (tertiary alicyclic amines) is 1. The summed E-state index contributed by atoms with van der Waals surface area (Å²) in [4.78, 5) is 10.7. The zero-order valence-electron chi connectivity index (χ0n) is 13.2. The Bertz CT molecular complexity index is 747.